The molecule has 1 fully saturated rings. The first-order valence-electron chi connectivity index (χ1n) is 6.12. The second kappa shape index (κ2) is 4.29. The number of rotatable bonds is 2. The summed E-state index contributed by atoms with van der Waals surface area (Å²) in [6.45, 7) is 0. The molecule has 0 unspecified atom stereocenters. The van der Waals surface area contributed by atoms with E-state index in [0.29, 0.717) is 12.8 Å². The smallest absolute Gasteiger partial charge is 0.252 e. The van der Waals surface area contributed by atoms with Gasteiger partial charge in [-0.15, -0.1) is 0 Å². The van der Waals surface area contributed by atoms with Crippen molar-refractivity contribution < 1.29 is 9.59 Å². The minimum atomic E-state index is -0.182. The Morgan fingerprint density at radius 2 is 1.50 bits per heavy atom. The summed E-state index contributed by atoms with van der Waals surface area (Å²) in [5, 5.41) is 1.18. The second-order valence-corrected chi connectivity index (χ2v) is 4.65. The quantitative estimate of drug-likeness (QED) is 0.637. The number of hydrogen-bond acceptors (Lipinski definition) is 3. The number of amides is 2. The van der Waals surface area contributed by atoms with Crippen LogP contribution < -0.4 is 5.43 Å². The first-order chi connectivity index (χ1) is 8.77. The van der Waals surface area contributed by atoms with Crippen molar-refractivity contribution in [2.45, 2.75) is 12.8 Å². The summed E-state index contributed by atoms with van der Waals surface area (Å²) in [5.74, 6) is -0.589. The van der Waals surface area contributed by atoms with E-state index in [4.69, 9.17) is 0 Å². The second-order valence-electron chi connectivity index (χ2n) is 4.65. The van der Waals surface area contributed by atoms with Crippen molar-refractivity contribution in [3.8, 4) is 0 Å². The zero-order valence-corrected chi connectivity index (χ0v) is 9.87. The number of hydrogen-bond donors (Lipinski definition) is 1. The summed E-state index contributed by atoms with van der Waals surface area (Å²) in [6.07, 6.45) is 5.31. The molecule has 4 heteroatoms. The Morgan fingerprint density at radius 3 is 2.06 bits per heavy atom. The SMILES string of the molecule is O=C1[C@H]2CC=CC[C@H]2C(=O)N1Nc1ccccc1. The van der Waals surface area contributed by atoms with Crippen LogP contribution in [0.2, 0.25) is 0 Å². The van der Waals surface area contributed by atoms with Gasteiger partial charge in [0, 0.05) is 0 Å². The Balaban J connectivity index is 1.82. The van der Waals surface area contributed by atoms with Gasteiger partial charge in [0.15, 0.2) is 0 Å². The Hall–Kier alpha value is -2.10. The van der Waals surface area contributed by atoms with Gasteiger partial charge in [-0.2, -0.15) is 5.01 Å². The molecule has 2 amide bonds. The van der Waals surface area contributed by atoms with Crippen LogP contribution in [-0.4, -0.2) is 16.8 Å². The highest BCUT2D eigenvalue weighted by atomic mass is 16.2. The lowest BCUT2D eigenvalue weighted by molar-refractivity contribution is -0.138. The van der Waals surface area contributed by atoms with Crippen LogP contribution in [0.4, 0.5) is 5.69 Å². The van der Waals surface area contributed by atoms with Crippen LogP contribution >= 0.6 is 0 Å². The van der Waals surface area contributed by atoms with Gasteiger partial charge >= 0.3 is 0 Å². The molecule has 0 aromatic heterocycles. The summed E-state index contributed by atoms with van der Waals surface area (Å²) in [6, 6.07) is 9.29. The van der Waals surface area contributed by atoms with Crippen LogP contribution in [0.5, 0.6) is 0 Å². The zero-order valence-electron chi connectivity index (χ0n) is 9.87. The number of anilines is 1. The van der Waals surface area contributed by atoms with Crippen LogP contribution in [0, 0.1) is 11.8 Å². The molecular weight excluding hydrogens is 228 g/mol. The third kappa shape index (κ3) is 1.70. The third-order valence-corrected chi connectivity index (χ3v) is 3.52. The average molecular weight is 242 g/mol. The fraction of sp³-hybridized carbons (Fsp3) is 0.286. The molecule has 2 atom stereocenters. The lowest BCUT2D eigenvalue weighted by Crippen LogP contribution is -2.36. The number of carbonyl (C=O) groups excluding carboxylic acids is 2. The topological polar surface area (TPSA) is 49.4 Å². The minimum Gasteiger partial charge on any atom is -0.289 e. The molecular formula is C14H14N2O2. The van der Waals surface area contributed by atoms with Crippen molar-refractivity contribution in [2.24, 2.45) is 11.8 Å². The molecule has 3 rings (SSSR count). The molecule has 92 valence electrons. The van der Waals surface area contributed by atoms with Gasteiger partial charge in [-0.1, -0.05) is 30.4 Å². The standard InChI is InChI=1S/C14H14N2O2/c17-13-11-8-4-5-9-12(11)14(18)16(13)15-10-6-2-1-3-7-10/h1-7,11-12,15H,8-9H2/t11-,12+. The molecule has 1 aliphatic carbocycles. The summed E-state index contributed by atoms with van der Waals surface area (Å²) in [5.41, 5.74) is 3.66. The van der Waals surface area contributed by atoms with E-state index >= 15 is 0 Å². The number of hydrazine groups is 1. The number of benzene rings is 1. The van der Waals surface area contributed by atoms with Gasteiger partial charge in [-0.05, 0) is 25.0 Å². The van der Waals surface area contributed by atoms with Crippen LogP contribution in [0.3, 0.4) is 0 Å². The highest BCUT2D eigenvalue weighted by Gasteiger charge is 2.47. The number of fused-ring (bicyclic) bond motifs is 1. The largest absolute Gasteiger partial charge is 0.289 e. The Bertz CT molecular complexity index is 484. The molecule has 0 bridgehead atoms. The van der Waals surface area contributed by atoms with Gasteiger partial charge in [-0.25, -0.2) is 0 Å². The number of allylic oxidation sites excluding steroid dienone is 2. The Labute approximate surface area is 105 Å². The Kier molecular flexibility index (Phi) is 2.63. The molecule has 1 saturated heterocycles. The summed E-state index contributed by atoms with van der Waals surface area (Å²) >= 11 is 0. The van der Waals surface area contributed by atoms with E-state index in [0.717, 1.165) is 5.69 Å². The van der Waals surface area contributed by atoms with E-state index in [1.54, 1.807) is 0 Å². The zero-order chi connectivity index (χ0) is 12.5. The van der Waals surface area contributed by atoms with Crippen LogP contribution in [0.1, 0.15) is 12.8 Å². The number of imide groups is 1. The van der Waals surface area contributed by atoms with Gasteiger partial charge in [-0.3, -0.25) is 15.0 Å². The van der Waals surface area contributed by atoms with Crippen molar-refractivity contribution in [3.63, 3.8) is 0 Å². The van der Waals surface area contributed by atoms with E-state index in [1.807, 2.05) is 42.5 Å². The molecule has 0 radical (unpaired) electrons. The number of nitrogens with zero attached hydrogens (tertiary/aromatic N) is 1. The fourth-order valence-corrected chi connectivity index (χ4v) is 2.55. The predicted octanol–water partition coefficient (Wildman–Crippen LogP) is 1.96. The normalized spacial score (nSPS) is 26.3. The molecule has 0 saturated carbocycles. The van der Waals surface area contributed by atoms with Crippen LogP contribution in [0.25, 0.3) is 0 Å². The van der Waals surface area contributed by atoms with E-state index in [2.05, 4.69) is 5.43 Å². The summed E-state index contributed by atoms with van der Waals surface area (Å²) < 4.78 is 0. The molecule has 1 aliphatic heterocycles. The maximum Gasteiger partial charge on any atom is 0.252 e. The van der Waals surface area contributed by atoms with Crippen LogP contribution in [0.15, 0.2) is 42.5 Å². The minimum absolute atomic E-state index is 0.113. The van der Waals surface area contributed by atoms with Crippen molar-refractivity contribution in [1.29, 1.82) is 0 Å². The van der Waals surface area contributed by atoms with Gasteiger partial charge in [0.25, 0.3) is 11.8 Å². The molecule has 4 nitrogen and oxygen atoms in total. The van der Waals surface area contributed by atoms with E-state index in [-0.39, 0.29) is 23.7 Å². The number of carbonyl (C=O) groups is 2. The van der Waals surface area contributed by atoms with Crippen molar-refractivity contribution >= 4 is 17.5 Å². The Morgan fingerprint density at radius 1 is 0.944 bits per heavy atom. The summed E-state index contributed by atoms with van der Waals surface area (Å²) in [4.78, 5) is 24.3. The highest BCUT2D eigenvalue weighted by Crippen LogP contribution is 2.34. The van der Waals surface area contributed by atoms with Gasteiger partial charge < -0.3 is 0 Å². The molecule has 0 spiro atoms. The van der Waals surface area contributed by atoms with Gasteiger partial charge in [0.2, 0.25) is 0 Å². The molecule has 1 aromatic rings. The molecule has 18 heavy (non-hydrogen) atoms. The van der Waals surface area contributed by atoms with E-state index < -0.39 is 0 Å². The maximum atomic E-state index is 12.2. The first-order valence-corrected chi connectivity index (χ1v) is 6.12. The van der Waals surface area contributed by atoms with Crippen molar-refractivity contribution in [3.05, 3.63) is 42.5 Å². The molecule has 1 aromatic carbocycles. The monoisotopic (exact) mass is 242 g/mol. The highest BCUT2D eigenvalue weighted by molar-refractivity contribution is 6.06. The molecule has 1 heterocycles. The van der Waals surface area contributed by atoms with Crippen molar-refractivity contribution in [1.82, 2.24) is 5.01 Å². The maximum absolute atomic E-state index is 12.2. The number of para-hydroxylation sites is 1. The first kappa shape index (κ1) is 11.0. The van der Waals surface area contributed by atoms with E-state index in [1.165, 1.54) is 5.01 Å². The fourth-order valence-electron chi connectivity index (χ4n) is 2.55. The van der Waals surface area contributed by atoms with Crippen LogP contribution in [-0.2, 0) is 9.59 Å². The third-order valence-electron chi connectivity index (χ3n) is 3.52. The van der Waals surface area contributed by atoms with E-state index in [9.17, 15) is 9.59 Å². The summed E-state index contributed by atoms with van der Waals surface area (Å²) in [7, 11) is 0. The average Bonchev–Trinajstić information content (AvgIpc) is 2.66. The lowest BCUT2D eigenvalue weighted by atomic mass is 9.85. The van der Waals surface area contributed by atoms with Gasteiger partial charge in [0.1, 0.15) is 0 Å². The predicted molar refractivity (Wildman–Crippen MR) is 67.3 cm³/mol. The molecule has 1 N–H and O–H groups in total. The molecule has 2 aliphatic rings. The van der Waals surface area contributed by atoms with Gasteiger partial charge in [0.05, 0.1) is 17.5 Å². The lowest BCUT2D eigenvalue weighted by Gasteiger charge is -2.16. The van der Waals surface area contributed by atoms with Crippen molar-refractivity contribution in [2.75, 3.05) is 5.43 Å². The number of nitrogens with one attached hydrogen (secondary N) is 1.